The van der Waals surface area contributed by atoms with E-state index in [1.807, 2.05) is 41.5 Å². The van der Waals surface area contributed by atoms with Crippen molar-refractivity contribution in [1.29, 1.82) is 0 Å². The highest BCUT2D eigenvalue weighted by molar-refractivity contribution is 6.45. The molecule has 0 aromatic carbocycles. The van der Waals surface area contributed by atoms with Gasteiger partial charge in [-0.3, -0.25) is 9.69 Å². The van der Waals surface area contributed by atoms with Crippen molar-refractivity contribution in [3.05, 3.63) is 44.9 Å². The van der Waals surface area contributed by atoms with E-state index in [1.165, 1.54) is 6.92 Å². The number of carbonyl (C=O) groups excluding carboxylic acids is 2. The first-order valence-corrected chi connectivity index (χ1v) is 11.9. The van der Waals surface area contributed by atoms with Crippen LogP contribution in [-0.2, 0) is 25.2 Å². The molecule has 2 unspecified atom stereocenters. The Balaban J connectivity index is 0.000000214. The number of ether oxygens (including phenoxy) is 1. The average Bonchev–Trinajstić information content (AvgIpc) is 3.54. The maximum absolute atomic E-state index is 11.9. The Morgan fingerprint density at radius 2 is 1.41 bits per heavy atom. The van der Waals surface area contributed by atoms with Crippen LogP contribution in [0.15, 0.2) is 42.4 Å². The number of rotatable bonds is 1. The molecule has 0 aliphatic carbocycles. The number of anilines is 2. The third-order valence-electron chi connectivity index (χ3n) is 5.25. The molecule has 4 heterocycles. The van der Waals surface area contributed by atoms with Crippen molar-refractivity contribution in [1.82, 2.24) is 10.3 Å². The first kappa shape index (κ1) is 30.4. The van der Waals surface area contributed by atoms with Gasteiger partial charge in [-0.2, -0.15) is 0 Å². The van der Waals surface area contributed by atoms with Crippen LogP contribution in [0, 0.1) is 0 Å². The standard InChI is InChI=1S/C12H15ClN2O3.C7H12N2O.C5H5ClO3/c1-6-9(13)11(17)15(10(6)16)8-5-7(18-14-8)12(2,3)4;1-7(2,3)5-4-6(8)9-10-5;1-2-3(6)5(8)9-4(2)7/h5,10,16H,1-4H3;4H,1-3H3,(H2,8,9);4,7H,1H3. The maximum Gasteiger partial charge on any atom is 0.352 e. The fourth-order valence-corrected chi connectivity index (χ4v) is 3.13. The number of cyclic esters (lactones) is 1. The van der Waals surface area contributed by atoms with Crippen LogP contribution in [0.1, 0.15) is 66.9 Å². The summed E-state index contributed by atoms with van der Waals surface area (Å²) >= 11 is 11.2. The molecule has 0 spiro atoms. The van der Waals surface area contributed by atoms with Crippen LogP contribution < -0.4 is 10.6 Å². The summed E-state index contributed by atoms with van der Waals surface area (Å²) in [5.74, 6) is 1.07. The van der Waals surface area contributed by atoms with Gasteiger partial charge in [0.05, 0.1) is 0 Å². The van der Waals surface area contributed by atoms with E-state index < -0.39 is 24.4 Å². The fraction of sp³-hybridized carbons (Fsp3) is 0.500. The summed E-state index contributed by atoms with van der Waals surface area (Å²) in [4.78, 5) is 23.4. The van der Waals surface area contributed by atoms with Gasteiger partial charge in [0.25, 0.3) is 5.91 Å². The normalized spacial score (nSPS) is 20.1. The lowest BCUT2D eigenvalue weighted by atomic mass is 9.93. The highest BCUT2D eigenvalue weighted by Crippen LogP contribution is 2.33. The fourth-order valence-electron chi connectivity index (χ4n) is 2.81. The molecule has 37 heavy (non-hydrogen) atoms. The summed E-state index contributed by atoms with van der Waals surface area (Å²) in [5.41, 5.74) is 5.95. The van der Waals surface area contributed by atoms with Gasteiger partial charge in [-0.15, -0.1) is 0 Å². The molecule has 0 bridgehead atoms. The van der Waals surface area contributed by atoms with Crippen molar-refractivity contribution < 1.29 is 33.6 Å². The second-order valence-corrected chi connectivity index (χ2v) is 11.2. The third kappa shape index (κ3) is 7.13. The number of esters is 1. The summed E-state index contributed by atoms with van der Waals surface area (Å²) in [7, 11) is 0. The Kier molecular flexibility index (Phi) is 9.24. The highest BCUT2D eigenvalue weighted by atomic mass is 35.5. The number of aromatic nitrogens is 2. The van der Waals surface area contributed by atoms with Crippen molar-refractivity contribution >= 4 is 46.7 Å². The molecular formula is C24H32Cl2N4O7. The van der Waals surface area contributed by atoms with Crippen LogP contribution in [0.3, 0.4) is 0 Å². The van der Waals surface area contributed by atoms with E-state index in [9.17, 15) is 14.7 Å². The predicted octanol–water partition coefficient (Wildman–Crippen LogP) is 4.08. The molecule has 0 saturated carbocycles. The van der Waals surface area contributed by atoms with Gasteiger partial charge in [0.15, 0.2) is 17.9 Å². The molecule has 2 aromatic heterocycles. The molecule has 2 aliphatic heterocycles. The number of nitrogens with two attached hydrogens (primary N) is 1. The molecular weight excluding hydrogens is 527 g/mol. The molecule has 4 N–H and O–H groups in total. The zero-order chi connectivity index (χ0) is 28.5. The van der Waals surface area contributed by atoms with E-state index >= 15 is 0 Å². The van der Waals surface area contributed by atoms with Crippen molar-refractivity contribution in [3.63, 3.8) is 0 Å². The minimum absolute atomic E-state index is 0.00458. The number of amides is 1. The van der Waals surface area contributed by atoms with Crippen LogP contribution in [0.5, 0.6) is 0 Å². The number of aliphatic hydroxyl groups is 2. The number of nitrogen functional groups attached to an aromatic ring is 1. The lowest BCUT2D eigenvalue weighted by Gasteiger charge is -2.18. The maximum atomic E-state index is 11.9. The number of hydrogen-bond acceptors (Lipinski definition) is 10. The van der Waals surface area contributed by atoms with Gasteiger partial charge >= 0.3 is 5.97 Å². The first-order chi connectivity index (χ1) is 16.9. The Labute approximate surface area is 224 Å². The van der Waals surface area contributed by atoms with E-state index in [4.69, 9.17) is 43.1 Å². The lowest BCUT2D eigenvalue weighted by Crippen LogP contribution is -2.35. The molecule has 0 saturated heterocycles. The van der Waals surface area contributed by atoms with Gasteiger partial charge in [-0.25, -0.2) is 4.79 Å². The van der Waals surface area contributed by atoms with Crippen LogP contribution in [0.25, 0.3) is 0 Å². The Bertz CT molecular complexity index is 1220. The van der Waals surface area contributed by atoms with Crippen LogP contribution in [-0.4, -0.2) is 44.9 Å². The van der Waals surface area contributed by atoms with Gasteiger partial charge < -0.3 is 29.7 Å². The zero-order valence-electron chi connectivity index (χ0n) is 21.9. The van der Waals surface area contributed by atoms with Crippen molar-refractivity contribution in [2.24, 2.45) is 0 Å². The van der Waals surface area contributed by atoms with E-state index in [1.54, 1.807) is 19.1 Å². The third-order valence-corrected chi connectivity index (χ3v) is 6.16. The largest absolute Gasteiger partial charge is 0.428 e. The minimum Gasteiger partial charge on any atom is -0.428 e. The number of aliphatic hydroxyl groups excluding tert-OH is 2. The van der Waals surface area contributed by atoms with Crippen LogP contribution in [0.4, 0.5) is 11.6 Å². The first-order valence-electron chi connectivity index (χ1n) is 11.2. The second kappa shape index (κ2) is 11.3. The summed E-state index contributed by atoms with van der Waals surface area (Å²) < 4.78 is 14.4. The monoisotopic (exact) mass is 558 g/mol. The molecule has 13 heteroatoms. The van der Waals surface area contributed by atoms with Gasteiger partial charge in [-0.05, 0) is 13.8 Å². The molecule has 11 nitrogen and oxygen atoms in total. The van der Waals surface area contributed by atoms with Crippen molar-refractivity contribution in [3.8, 4) is 0 Å². The second-order valence-electron chi connectivity index (χ2n) is 10.5. The quantitative estimate of drug-likeness (QED) is 0.434. The number of carbonyl (C=O) groups is 2. The van der Waals surface area contributed by atoms with Crippen LogP contribution >= 0.6 is 23.2 Å². The van der Waals surface area contributed by atoms with Crippen molar-refractivity contribution in [2.75, 3.05) is 10.6 Å². The zero-order valence-corrected chi connectivity index (χ0v) is 23.4. The predicted molar refractivity (Wildman–Crippen MR) is 138 cm³/mol. The van der Waals surface area contributed by atoms with Gasteiger partial charge in [0.2, 0.25) is 6.29 Å². The number of halogens is 2. The SMILES string of the molecule is CC(C)(C)c1cc(N)no1.CC1=C(Cl)C(=O)N(c2cc(C(C)(C)C)on2)C1O.CC1=C(Cl)C(=O)OC1O. The number of nitrogens with zero attached hydrogens (tertiary/aromatic N) is 3. The van der Waals surface area contributed by atoms with Gasteiger partial charge in [0, 0.05) is 34.1 Å². The summed E-state index contributed by atoms with van der Waals surface area (Å²) in [6.45, 7) is 15.2. The molecule has 1 amide bonds. The van der Waals surface area contributed by atoms with Gasteiger partial charge in [-0.1, -0.05) is 75.1 Å². The molecule has 2 aliphatic rings. The smallest absolute Gasteiger partial charge is 0.352 e. The molecule has 0 fully saturated rings. The van der Waals surface area contributed by atoms with Gasteiger partial charge in [0.1, 0.15) is 21.6 Å². The van der Waals surface area contributed by atoms with Crippen LogP contribution in [0.2, 0.25) is 0 Å². The van der Waals surface area contributed by atoms with Crippen molar-refractivity contribution in [2.45, 2.75) is 78.7 Å². The molecule has 204 valence electrons. The minimum atomic E-state index is -1.13. The van der Waals surface area contributed by atoms with E-state index in [0.29, 0.717) is 22.7 Å². The summed E-state index contributed by atoms with van der Waals surface area (Å²) in [6.07, 6.45) is -2.21. The highest BCUT2D eigenvalue weighted by Gasteiger charge is 2.38. The lowest BCUT2D eigenvalue weighted by molar-refractivity contribution is -0.151. The number of hydrogen-bond donors (Lipinski definition) is 3. The summed E-state index contributed by atoms with van der Waals surface area (Å²) in [5, 5.41) is 26.1. The Morgan fingerprint density at radius 1 is 0.892 bits per heavy atom. The molecule has 4 rings (SSSR count). The topological polar surface area (TPSA) is 165 Å². The molecule has 0 radical (unpaired) electrons. The van der Waals surface area contributed by atoms with E-state index in [0.717, 1.165) is 10.7 Å². The average molecular weight is 559 g/mol. The summed E-state index contributed by atoms with van der Waals surface area (Å²) in [6, 6.07) is 3.39. The molecule has 2 atom stereocenters. The Hall–Kier alpha value is -2.86. The van der Waals surface area contributed by atoms with E-state index in [-0.39, 0.29) is 26.7 Å². The molecule has 2 aromatic rings. The van der Waals surface area contributed by atoms with E-state index in [2.05, 4.69) is 15.1 Å². The Morgan fingerprint density at radius 3 is 1.68 bits per heavy atom.